The monoisotopic (exact) mass is 317 g/mol. The number of rotatable bonds is 3. The molecule has 0 aliphatic heterocycles. The molecule has 0 saturated heterocycles. The molecule has 116 valence electrons. The number of hydrogen-bond donors (Lipinski definition) is 0. The second-order valence-corrected chi connectivity index (χ2v) is 4.76. The summed E-state index contributed by atoms with van der Waals surface area (Å²) in [5.41, 5.74) is -0.954. The smallest absolute Gasteiger partial charge is 0.289 e. The molecule has 7 heteroatoms. The lowest BCUT2D eigenvalue weighted by Crippen LogP contribution is -2.15. The number of para-hydroxylation sites is 1. The standard InChI is InChI=1S/C16H10F3N3O/c17-16(18,19)13-8-4-7-12(14(13)22-9-20-21-10-22)15(23)11-5-2-1-3-6-11/h1-10H. The lowest BCUT2D eigenvalue weighted by atomic mass is 9.98. The SMILES string of the molecule is O=C(c1ccccc1)c1cccc(C(F)(F)F)c1-n1cnnc1. The first-order valence-corrected chi connectivity index (χ1v) is 6.63. The van der Waals surface area contributed by atoms with E-state index in [9.17, 15) is 18.0 Å². The van der Waals surface area contributed by atoms with Crippen LogP contribution in [0.2, 0.25) is 0 Å². The minimum atomic E-state index is -4.60. The number of halogens is 3. The zero-order valence-corrected chi connectivity index (χ0v) is 11.7. The molecular formula is C16H10F3N3O. The maximum absolute atomic E-state index is 13.3. The molecule has 0 bridgehead atoms. The van der Waals surface area contributed by atoms with Gasteiger partial charge in [-0.3, -0.25) is 9.36 Å². The largest absolute Gasteiger partial charge is 0.418 e. The lowest BCUT2D eigenvalue weighted by Gasteiger charge is -2.16. The van der Waals surface area contributed by atoms with Crippen molar-refractivity contribution in [3.63, 3.8) is 0 Å². The van der Waals surface area contributed by atoms with Gasteiger partial charge >= 0.3 is 6.18 Å². The van der Waals surface area contributed by atoms with Gasteiger partial charge in [-0.2, -0.15) is 13.2 Å². The van der Waals surface area contributed by atoms with E-state index in [1.807, 2.05) is 0 Å². The first-order valence-electron chi connectivity index (χ1n) is 6.63. The van der Waals surface area contributed by atoms with E-state index in [0.29, 0.717) is 5.56 Å². The van der Waals surface area contributed by atoms with E-state index in [0.717, 1.165) is 23.3 Å². The van der Waals surface area contributed by atoms with Crippen molar-refractivity contribution in [2.24, 2.45) is 0 Å². The summed E-state index contributed by atoms with van der Waals surface area (Å²) in [4.78, 5) is 12.6. The highest BCUT2D eigenvalue weighted by atomic mass is 19.4. The normalized spacial score (nSPS) is 11.4. The molecule has 4 nitrogen and oxygen atoms in total. The van der Waals surface area contributed by atoms with Crippen LogP contribution in [0.4, 0.5) is 13.2 Å². The van der Waals surface area contributed by atoms with Crippen LogP contribution < -0.4 is 0 Å². The summed E-state index contributed by atoms with van der Waals surface area (Å²) in [7, 11) is 0. The number of ketones is 1. The van der Waals surface area contributed by atoms with Gasteiger partial charge in [-0.15, -0.1) is 10.2 Å². The Morgan fingerprint density at radius 1 is 0.913 bits per heavy atom. The van der Waals surface area contributed by atoms with Crippen LogP contribution >= 0.6 is 0 Å². The summed E-state index contributed by atoms with van der Waals surface area (Å²) >= 11 is 0. The minimum Gasteiger partial charge on any atom is -0.289 e. The maximum Gasteiger partial charge on any atom is 0.418 e. The molecule has 0 radical (unpaired) electrons. The van der Waals surface area contributed by atoms with E-state index in [1.165, 1.54) is 12.1 Å². The molecule has 0 N–H and O–H groups in total. The van der Waals surface area contributed by atoms with Crippen LogP contribution in [0.1, 0.15) is 21.5 Å². The summed E-state index contributed by atoms with van der Waals surface area (Å²) < 4.78 is 41.1. The predicted octanol–water partition coefficient (Wildman–Crippen LogP) is 3.52. The van der Waals surface area contributed by atoms with Crippen molar-refractivity contribution in [2.45, 2.75) is 6.18 Å². The molecule has 23 heavy (non-hydrogen) atoms. The molecule has 1 heterocycles. The topological polar surface area (TPSA) is 47.8 Å². The molecular weight excluding hydrogens is 307 g/mol. The molecule has 3 aromatic rings. The van der Waals surface area contributed by atoms with Gasteiger partial charge < -0.3 is 0 Å². The highest BCUT2D eigenvalue weighted by Crippen LogP contribution is 2.36. The van der Waals surface area contributed by atoms with Crippen LogP contribution in [0.3, 0.4) is 0 Å². The maximum atomic E-state index is 13.3. The Bertz CT molecular complexity index is 828. The van der Waals surface area contributed by atoms with Gasteiger partial charge in [-0.25, -0.2) is 0 Å². The highest BCUT2D eigenvalue weighted by molar-refractivity contribution is 6.11. The number of alkyl halides is 3. The van der Waals surface area contributed by atoms with Crippen molar-refractivity contribution in [1.82, 2.24) is 14.8 Å². The van der Waals surface area contributed by atoms with Gasteiger partial charge in [0.2, 0.25) is 0 Å². The van der Waals surface area contributed by atoms with Crippen LogP contribution in [0, 0.1) is 0 Å². The number of carbonyl (C=O) groups excluding carboxylic acids is 1. The van der Waals surface area contributed by atoms with Gasteiger partial charge in [0.25, 0.3) is 0 Å². The Kier molecular flexibility index (Phi) is 3.69. The van der Waals surface area contributed by atoms with Crippen molar-refractivity contribution in [1.29, 1.82) is 0 Å². The van der Waals surface area contributed by atoms with Crippen molar-refractivity contribution in [3.8, 4) is 5.69 Å². The van der Waals surface area contributed by atoms with E-state index < -0.39 is 17.5 Å². The van der Waals surface area contributed by atoms with Crippen molar-refractivity contribution >= 4 is 5.78 Å². The van der Waals surface area contributed by atoms with E-state index in [-0.39, 0.29) is 11.3 Å². The molecule has 0 saturated carbocycles. The van der Waals surface area contributed by atoms with Crippen LogP contribution in [0.5, 0.6) is 0 Å². The molecule has 0 amide bonds. The van der Waals surface area contributed by atoms with Crippen LogP contribution in [-0.4, -0.2) is 20.5 Å². The first kappa shape index (κ1) is 15.0. The predicted molar refractivity (Wildman–Crippen MR) is 76.2 cm³/mol. The molecule has 0 atom stereocenters. The number of hydrogen-bond acceptors (Lipinski definition) is 3. The zero-order chi connectivity index (χ0) is 16.4. The Morgan fingerprint density at radius 3 is 2.17 bits per heavy atom. The molecule has 0 fully saturated rings. The van der Waals surface area contributed by atoms with Gasteiger partial charge in [0.1, 0.15) is 12.7 Å². The van der Waals surface area contributed by atoms with Gasteiger partial charge in [0.05, 0.1) is 11.3 Å². The lowest BCUT2D eigenvalue weighted by molar-refractivity contribution is -0.137. The number of benzene rings is 2. The van der Waals surface area contributed by atoms with Gasteiger partial charge in [0.15, 0.2) is 5.78 Å². The second kappa shape index (κ2) is 5.68. The number of carbonyl (C=O) groups is 1. The van der Waals surface area contributed by atoms with Crippen molar-refractivity contribution in [2.75, 3.05) is 0 Å². The third-order valence-electron chi connectivity index (χ3n) is 3.30. The third kappa shape index (κ3) is 2.85. The van der Waals surface area contributed by atoms with E-state index in [1.54, 1.807) is 30.3 Å². The number of nitrogens with zero attached hydrogens (tertiary/aromatic N) is 3. The summed E-state index contributed by atoms with van der Waals surface area (Å²) in [6.07, 6.45) is -2.34. The Labute approximate surface area is 129 Å². The summed E-state index contributed by atoms with van der Waals surface area (Å²) in [5.74, 6) is -0.500. The van der Waals surface area contributed by atoms with Crippen molar-refractivity contribution < 1.29 is 18.0 Å². The average molecular weight is 317 g/mol. The Hall–Kier alpha value is -2.96. The van der Waals surface area contributed by atoms with E-state index >= 15 is 0 Å². The molecule has 0 unspecified atom stereocenters. The fourth-order valence-electron chi connectivity index (χ4n) is 2.29. The van der Waals surface area contributed by atoms with Crippen LogP contribution in [-0.2, 0) is 6.18 Å². The molecule has 3 rings (SSSR count). The zero-order valence-electron chi connectivity index (χ0n) is 11.7. The molecule has 0 aliphatic carbocycles. The van der Waals surface area contributed by atoms with Crippen molar-refractivity contribution in [3.05, 3.63) is 77.9 Å². The minimum absolute atomic E-state index is 0.0641. The van der Waals surface area contributed by atoms with E-state index in [4.69, 9.17) is 0 Å². The summed E-state index contributed by atoms with van der Waals surface area (Å²) in [6.45, 7) is 0. The van der Waals surface area contributed by atoms with E-state index in [2.05, 4.69) is 10.2 Å². The fourth-order valence-corrected chi connectivity index (χ4v) is 2.29. The molecule has 0 aliphatic rings. The summed E-state index contributed by atoms with van der Waals surface area (Å²) in [5, 5.41) is 7.06. The second-order valence-electron chi connectivity index (χ2n) is 4.76. The van der Waals surface area contributed by atoms with Gasteiger partial charge in [-0.05, 0) is 12.1 Å². The Balaban J connectivity index is 2.24. The first-order chi connectivity index (χ1) is 11.0. The highest BCUT2D eigenvalue weighted by Gasteiger charge is 2.36. The van der Waals surface area contributed by atoms with Gasteiger partial charge in [0, 0.05) is 11.1 Å². The van der Waals surface area contributed by atoms with Crippen LogP contribution in [0.15, 0.2) is 61.2 Å². The Morgan fingerprint density at radius 2 is 1.57 bits per heavy atom. The van der Waals surface area contributed by atoms with Gasteiger partial charge in [-0.1, -0.05) is 36.4 Å². The third-order valence-corrected chi connectivity index (χ3v) is 3.30. The number of aromatic nitrogens is 3. The van der Waals surface area contributed by atoms with Crippen LogP contribution in [0.25, 0.3) is 5.69 Å². The molecule has 1 aromatic heterocycles. The fraction of sp³-hybridized carbons (Fsp3) is 0.0625. The summed E-state index contributed by atoms with van der Waals surface area (Å²) in [6, 6.07) is 11.6. The molecule has 2 aromatic carbocycles. The molecule has 0 spiro atoms. The average Bonchev–Trinajstić information content (AvgIpc) is 3.07. The quantitative estimate of drug-likeness (QED) is 0.695.